The molecule has 1 amide bonds. The Balaban J connectivity index is 2.39. The molecule has 9 heteroatoms. The maximum absolute atomic E-state index is 13.7. The van der Waals surface area contributed by atoms with E-state index < -0.39 is 19.3 Å². The number of rotatable bonds is 10. The van der Waals surface area contributed by atoms with Gasteiger partial charge in [0.15, 0.2) is 0 Å². The molecule has 1 atom stereocenters. The fourth-order valence-electron chi connectivity index (χ4n) is 4.02. The number of carbonyl (C=O) groups excluding carboxylic acids is 1. The second-order valence-corrected chi connectivity index (χ2v) is 10.9. The summed E-state index contributed by atoms with van der Waals surface area (Å²) in [5.41, 5.74) is -0.191. The van der Waals surface area contributed by atoms with Crippen molar-refractivity contribution in [3.05, 3.63) is 24.3 Å². The molecule has 1 unspecified atom stereocenters. The van der Waals surface area contributed by atoms with E-state index >= 15 is 0 Å². The summed E-state index contributed by atoms with van der Waals surface area (Å²) in [5.74, 6) is -1.38. The zero-order valence-corrected chi connectivity index (χ0v) is 20.7. The van der Waals surface area contributed by atoms with Gasteiger partial charge >= 0.3 is 7.60 Å². The average molecular weight is 457 g/mol. The number of amides is 1. The van der Waals surface area contributed by atoms with Crippen LogP contribution in [0.2, 0.25) is 0 Å². The van der Waals surface area contributed by atoms with Crippen molar-refractivity contribution < 1.29 is 28.0 Å². The highest BCUT2D eigenvalue weighted by atomic mass is 31.2. The van der Waals surface area contributed by atoms with Crippen LogP contribution >= 0.6 is 7.60 Å². The second kappa shape index (κ2) is 10.5. The Hall–Kier alpha value is -1.44. The third kappa shape index (κ3) is 6.30. The molecule has 0 bridgehead atoms. The molecule has 176 valence electrons. The number of nitrogens with one attached hydrogen (secondary N) is 1. The van der Waals surface area contributed by atoms with Crippen LogP contribution in [0.25, 0.3) is 0 Å². The van der Waals surface area contributed by atoms with Gasteiger partial charge in [0.05, 0.1) is 20.3 Å². The van der Waals surface area contributed by atoms with Crippen LogP contribution in [-0.4, -0.2) is 48.2 Å². The molecule has 1 heterocycles. The first-order valence-corrected chi connectivity index (χ1v) is 12.4. The summed E-state index contributed by atoms with van der Waals surface area (Å²) >= 11 is 0. The fraction of sp³-hybridized carbons (Fsp3) is 0.682. The molecule has 1 saturated heterocycles. The number of benzene rings is 1. The Morgan fingerprint density at radius 2 is 1.58 bits per heavy atom. The molecule has 0 radical (unpaired) electrons. The van der Waals surface area contributed by atoms with Gasteiger partial charge in [0.2, 0.25) is 0 Å². The van der Waals surface area contributed by atoms with E-state index in [2.05, 4.69) is 33.0 Å². The Bertz CT molecular complexity index is 755. The number of methoxy groups -OCH3 is 1. The van der Waals surface area contributed by atoms with E-state index in [1.165, 1.54) is 0 Å². The van der Waals surface area contributed by atoms with E-state index in [0.717, 1.165) is 19.3 Å². The minimum atomic E-state index is -3.92. The molecule has 1 aliphatic rings. The molecule has 1 fully saturated rings. The fourth-order valence-corrected chi connectivity index (χ4v) is 5.65. The first-order chi connectivity index (χ1) is 14.5. The van der Waals surface area contributed by atoms with Crippen LogP contribution in [-0.2, 0) is 23.2 Å². The van der Waals surface area contributed by atoms with Crippen molar-refractivity contribution in [3.8, 4) is 5.75 Å². The van der Waals surface area contributed by atoms with Gasteiger partial charge in [0.1, 0.15) is 5.75 Å². The van der Waals surface area contributed by atoms with Crippen molar-refractivity contribution in [2.24, 2.45) is 0 Å². The maximum Gasteiger partial charge on any atom is 0.371 e. The van der Waals surface area contributed by atoms with E-state index in [-0.39, 0.29) is 24.3 Å². The monoisotopic (exact) mass is 456 g/mol. The summed E-state index contributed by atoms with van der Waals surface area (Å²) in [7, 11) is -2.35. The van der Waals surface area contributed by atoms with Crippen LogP contribution in [0.3, 0.4) is 0 Å². The van der Waals surface area contributed by atoms with Crippen molar-refractivity contribution in [1.29, 1.82) is 0 Å². The van der Waals surface area contributed by atoms with Gasteiger partial charge in [-0.25, -0.2) is 0 Å². The first kappa shape index (κ1) is 25.8. The van der Waals surface area contributed by atoms with Crippen LogP contribution in [0, 0.1) is 0 Å². The van der Waals surface area contributed by atoms with Gasteiger partial charge in [-0.05, 0) is 85.1 Å². The molecule has 2 rings (SSSR count). The molecule has 0 aromatic heterocycles. The number of piperidine rings is 1. The highest BCUT2D eigenvalue weighted by Crippen LogP contribution is 2.55. The minimum Gasteiger partial charge on any atom is -0.497 e. The average Bonchev–Trinajstić information content (AvgIpc) is 2.67. The van der Waals surface area contributed by atoms with Crippen molar-refractivity contribution in [1.82, 2.24) is 5.06 Å². The van der Waals surface area contributed by atoms with E-state index in [4.69, 9.17) is 18.6 Å². The summed E-state index contributed by atoms with van der Waals surface area (Å²) in [6.45, 7) is 11.9. The molecule has 0 aliphatic carbocycles. The Morgan fingerprint density at radius 3 is 2.03 bits per heavy atom. The van der Waals surface area contributed by atoms with Gasteiger partial charge in [-0.15, -0.1) is 0 Å². The number of hydrogen-bond acceptors (Lipinski definition) is 7. The Morgan fingerprint density at radius 1 is 1.06 bits per heavy atom. The van der Waals surface area contributed by atoms with Gasteiger partial charge < -0.3 is 19.1 Å². The van der Waals surface area contributed by atoms with Crippen molar-refractivity contribution in [3.63, 3.8) is 0 Å². The van der Waals surface area contributed by atoms with Gasteiger partial charge in [0.25, 0.3) is 11.8 Å². The lowest BCUT2D eigenvalue weighted by atomic mass is 9.82. The summed E-state index contributed by atoms with van der Waals surface area (Å²) < 4.78 is 29.8. The molecule has 1 aromatic rings. The third-order valence-electron chi connectivity index (χ3n) is 5.37. The lowest BCUT2D eigenvalue weighted by Crippen LogP contribution is -2.60. The highest BCUT2D eigenvalue weighted by molar-refractivity contribution is 7.55. The van der Waals surface area contributed by atoms with Crippen LogP contribution in [0.4, 0.5) is 5.69 Å². The second-order valence-electron chi connectivity index (χ2n) is 8.82. The van der Waals surface area contributed by atoms with Gasteiger partial charge in [0, 0.05) is 16.8 Å². The van der Waals surface area contributed by atoms with E-state index in [1.54, 1.807) is 50.3 Å². The number of ether oxygens (including phenoxy) is 1. The van der Waals surface area contributed by atoms with Gasteiger partial charge in [-0.3, -0.25) is 14.2 Å². The number of hydroxylamine groups is 2. The van der Waals surface area contributed by atoms with E-state index in [1.807, 2.05) is 0 Å². The molecule has 1 aromatic carbocycles. The van der Waals surface area contributed by atoms with E-state index in [0.29, 0.717) is 11.4 Å². The van der Waals surface area contributed by atoms with Crippen LogP contribution in [0.5, 0.6) is 5.75 Å². The standard InChI is InChI=1S/C22H37N2O6P/c1-8-28-31(26,29-9-2)20(19(25)23-17-11-13-18(27-7)14-12-17)30-24-21(3,4)15-10-16-22(24,5)6/h11-14,20H,8-10,15-16H2,1-7H3,(H,23,25). The van der Waals surface area contributed by atoms with Crippen molar-refractivity contribution >= 4 is 19.2 Å². The van der Waals surface area contributed by atoms with Crippen LogP contribution in [0.1, 0.15) is 60.8 Å². The zero-order chi connectivity index (χ0) is 23.3. The van der Waals surface area contributed by atoms with Gasteiger partial charge in [-0.1, -0.05) is 0 Å². The van der Waals surface area contributed by atoms with Crippen molar-refractivity contribution in [2.45, 2.75) is 77.7 Å². The summed E-state index contributed by atoms with van der Waals surface area (Å²) in [6, 6.07) is 6.86. The Labute approximate surface area is 186 Å². The van der Waals surface area contributed by atoms with E-state index in [9.17, 15) is 9.36 Å². The predicted octanol–water partition coefficient (Wildman–Crippen LogP) is 5.20. The minimum absolute atomic E-state index is 0.125. The molecule has 31 heavy (non-hydrogen) atoms. The topological polar surface area (TPSA) is 86.3 Å². The maximum atomic E-state index is 13.7. The van der Waals surface area contributed by atoms with Crippen molar-refractivity contribution in [2.75, 3.05) is 25.6 Å². The normalized spacial score (nSPS) is 19.6. The van der Waals surface area contributed by atoms with Crippen LogP contribution < -0.4 is 10.1 Å². The largest absolute Gasteiger partial charge is 0.497 e. The summed E-state index contributed by atoms with van der Waals surface area (Å²) in [6.07, 6.45) is 2.81. The SMILES string of the molecule is CCOP(=O)(OCC)C(ON1C(C)(C)CCCC1(C)C)C(=O)Nc1ccc(OC)cc1. The zero-order valence-electron chi connectivity index (χ0n) is 19.8. The number of anilines is 1. The van der Waals surface area contributed by atoms with Crippen LogP contribution in [0.15, 0.2) is 24.3 Å². The molecule has 1 aliphatic heterocycles. The molecule has 1 N–H and O–H groups in total. The molecular weight excluding hydrogens is 419 g/mol. The number of nitrogens with zero attached hydrogens (tertiary/aromatic N) is 1. The third-order valence-corrected chi connectivity index (χ3v) is 7.51. The Kier molecular flexibility index (Phi) is 8.70. The smallest absolute Gasteiger partial charge is 0.371 e. The molecule has 0 saturated carbocycles. The lowest BCUT2D eigenvalue weighted by molar-refractivity contribution is -0.287. The highest BCUT2D eigenvalue weighted by Gasteiger charge is 2.50. The predicted molar refractivity (Wildman–Crippen MR) is 121 cm³/mol. The number of hydrogen-bond donors (Lipinski definition) is 1. The summed E-state index contributed by atoms with van der Waals surface area (Å²) in [5, 5.41) is 4.58. The van der Waals surface area contributed by atoms with Gasteiger partial charge in [-0.2, -0.15) is 5.06 Å². The quantitative estimate of drug-likeness (QED) is 0.484. The lowest BCUT2D eigenvalue weighted by Gasteiger charge is -2.52. The first-order valence-electron chi connectivity index (χ1n) is 10.8. The summed E-state index contributed by atoms with van der Waals surface area (Å²) in [4.78, 5) is 19.6. The molecule has 8 nitrogen and oxygen atoms in total. The molecule has 0 spiro atoms. The number of carbonyl (C=O) groups is 1. The molecular formula is C22H37N2O6P.